The summed E-state index contributed by atoms with van der Waals surface area (Å²) < 4.78 is 5.48. The molecule has 0 heterocycles. The number of hydrogen-bond acceptors (Lipinski definition) is 1. The van der Waals surface area contributed by atoms with Gasteiger partial charge in [0.15, 0.2) is 0 Å². The SMILES string of the molecule is [B]/C=C(\C=C/C)OCC(/C=C\C=C)=C/C. The maximum absolute atomic E-state index is 5.48. The van der Waals surface area contributed by atoms with E-state index in [1.54, 1.807) is 6.08 Å². The molecular weight excluding hydrogens is 183 g/mol. The van der Waals surface area contributed by atoms with Crippen LogP contribution in [0.2, 0.25) is 0 Å². The molecule has 78 valence electrons. The van der Waals surface area contributed by atoms with Gasteiger partial charge in [0.1, 0.15) is 20.2 Å². The summed E-state index contributed by atoms with van der Waals surface area (Å²) in [4.78, 5) is 0. The molecule has 0 saturated heterocycles. The van der Waals surface area contributed by atoms with Gasteiger partial charge in [0.05, 0.1) is 0 Å². The van der Waals surface area contributed by atoms with Gasteiger partial charge < -0.3 is 4.74 Å². The molecule has 2 heteroatoms. The molecular formula is C13H17BO. The molecule has 0 unspecified atom stereocenters. The number of rotatable bonds is 6. The summed E-state index contributed by atoms with van der Waals surface area (Å²) in [7, 11) is 5.39. The molecule has 0 bridgehead atoms. The smallest absolute Gasteiger partial charge is 0.113 e. The Kier molecular flexibility index (Phi) is 8.26. The molecule has 0 rings (SSSR count). The first-order chi connectivity index (χ1) is 7.28. The second-order valence-electron chi connectivity index (χ2n) is 2.82. The van der Waals surface area contributed by atoms with Gasteiger partial charge in [-0.1, -0.05) is 42.9 Å². The van der Waals surface area contributed by atoms with Crippen LogP contribution < -0.4 is 0 Å². The fraction of sp³-hybridized carbons (Fsp3) is 0.231. The van der Waals surface area contributed by atoms with Crippen LogP contribution in [0, 0.1) is 0 Å². The van der Waals surface area contributed by atoms with E-state index in [4.69, 9.17) is 12.6 Å². The minimum Gasteiger partial charge on any atom is -0.490 e. The zero-order valence-corrected chi connectivity index (χ0v) is 9.44. The summed E-state index contributed by atoms with van der Waals surface area (Å²) in [5.41, 5.74) is 1.08. The molecule has 2 radical (unpaired) electrons. The van der Waals surface area contributed by atoms with Gasteiger partial charge in [0.2, 0.25) is 0 Å². The highest BCUT2D eigenvalue weighted by Crippen LogP contribution is 2.04. The van der Waals surface area contributed by atoms with Crippen molar-refractivity contribution in [3.05, 3.63) is 60.3 Å². The van der Waals surface area contributed by atoms with Crippen molar-refractivity contribution in [1.82, 2.24) is 0 Å². The lowest BCUT2D eigenvalue weighted by atomic mass is 10.1. The third-order valence-corrected chi connectivity index (χ3v) is 1.72. The predicted octanol–water partition coefficient (Wildman–Crippen LogP) is 3.28. The third-order valence-electron chi connectivity index (χ3n) is 1.72. The molecule has 0 spiro atoms. The summed E-state index contributed by atoms with van der Waals surface area (Å²) in [5.74, 6) is 2.12. The van der Waals surface area contributed by atoms with E-state index in [-0.39, 0.29) is 0 Å². The van der Waals surface area contributed by atoms with Crippen LogP contribution in [0.3, 0.4) is 0 Å². The van der Waals surface area contributed by atoms with Crippen molar-refractivity contribution in [2.45, 2.75) is 13.8 Å². The first-order valence-electron chi connectivity index (χ1n) is 4.90. The average Bonchev–Trinajstić information content (AvgIpc) is 2.27. The fourth-order valence-electron chi connectivity index (χ4n) is 0.902. The molecule has 0 saturated carbocycles. The standard InChI is InChI=1S/C13H17BO/c1-4-7-9-12(6-3)11-15-13(10-14)8-5-2/h4-10H,1,11H2,2-3H3/b8-5-,9-7-,12-6+,13-10+. The molecule has 0 aliphatic rings. The third kappa shape index (κ3) is 6.61. The maximum Gasteiger partial charge on any atom is 0.113 e. The van der Waals surface area contributed by atoms with Gasteiger partial charge in [-0.2, -0.15) is 0 Å². The molecule has 15 heavy (non-hydrogen) atoms. The van der Waals surface area contributed by atoms with E-state index in [2.05, 4.69) is 6.58 Å². The number of ether oxygens (including phenoxy) is 1. The van der Waals surface area contributed by atoms with Crippen molar-refractivity contribution in [3.63, 3.8) is 0 Å². The Morgan fingerprint density at radius 3 is 2.53 bits per heavy atom. The fourth-order valence-corrected chi connectivity index (χ4v) is 0.902. The van der Waals surface area contributed by atoms with Crippen molar-refractivity contribution in [2.24, 2.45) is 0 Å². The quantitative estimate of drug-likeness (QED) is 0.363. The van der Waals surface area contributed by atoms with Crippen LogP contribution >= 0.6 is 0 Å². The molecule has 1 nitrogen and oxygen atoms in total. The Balaban J connectivity index is 4.23. The molecule has 0 aromatic heterocycles. The minimum absolute atomic E-state index is 0.508. The van der Waals surface area contributed by atoms with Gasteiger partial charge in [-0.3, -0.25) is 0 Å². The topological polar surface area (TPSA) is 9.23 Å². The van der Waals surface area contributed by atoms with Crippen molar-refractivity contribution < 1.29 is 4.74 Å². The zero-order valence-electron chi connectivity index (χ0n) is 9.44. The van der Waals surface area contributed by atoms with Crippen LogP contribution in [-0.2, 0) is 4.74 Å². The van der Waals surface area contributed by atoms with E-state index in [0.29, 0.717) is 12.4 Å². The van der Waals surface area contributed by atoms with Crippen LogP contribution in [0.15, 0.2) is 60.3 Å². The van der Waals surface area contributed by atoms with Gasteiger partial charge in [0, 0.05) is 0 Å². The maximum atomic E-state index is 5.48. The van der Waals surface area contributed by atoms with Crippen LogP contribution in [0.1, 0.15) is 13.8 Å². The van der Waals surface area contributed by atoms with Crippen molar-refractivity contribution in [2.75, 3.05) is 6.61 Å². The van der Waals surface area contributed by atoms with E-state index in [0.717, 1.165) is 5.57 Å². The lowest BCUT2D eigenvalue weighted by Crippen LogP contribution is -1.95. The lowest BCUT2D eigenvalue weighted by Gasteiger charge is -2.07. The van der Waals surface area contributed by atoms with E-state index < -0.39 is 0 Å². The normalized spacial score (nSPS) is 13.7. The van der Waals surface area contributed by atoms with Crippen molar-refractivity contribution >= 4 is 7.85 Å². The van der Waals surface area contributed by atoms with Crippen LogP contribution in [0.4, 0.5) is 0 Å². The molecule has 0 aromatic carbocycles. The van der Waals surface area contributed by atoms with E-state index in [9.17, 15) is 0 Å². The summed E-state index contributed by atoms with van der Waals surface area (Å²) in [5, 5.41) is 0. The Hall–Kier alpha value is -1.44. The van der Waals surface area contributed by atoms with E-state index >= 15 is 0 Å². The largest absolute Gasteiger partial charge is 0.490 e. The van der Waals surface area contributed by atoms with Crippen LogP contribution in [0.25, 0.3) is 0 Å². The van der Waals surface area contributed by atoms with Gasteiger partial charge in [-0.15, -0.1) is 0 Å². The summed E-state index contributed by atoms with van der Waals surface area (Å²) in [6, 6.07) is 0. The second-order valence-corrected chi connectivity index (χ2v) is 2.82. The Bertz CT molecular complexity index is 296. The second kappa shape index (κ2) is 9.13. The highest BCUT2D eigenvalue weighted by Gasteiger charge is 1.93. The summed E-state index contributed by atoms with van der Waals surface area (Å²) in [6.45, 7) is 8.00. The zero-order chi connectivity index (χ0) is 11.5. The molecule has 0 atom stereocenters. The first-order valence-corrected chi connectivity index (χ1v) is 4.90. The van der Waals surface area contributed by atoms with Gasteiger partial charge >= 0.3 is 0 Å². The summed E-state index contributed by atoms with van der Waals surface area (Å²) >= 11 is 0. The minimum atomic E-state index is 0.508. The number of hydrogen-bond donors (Lipinski definition) is 0. The monoisotopic (exact) mass is 200 g/mol. The highest BCUT2D eigenvalue weighted by molar-refractivity contribution is 6.17. The molecule has 0 aliphatic carbocycles. The Labute approximate surface area is 93.9 Å². The van der Waals surface area contributed by atoms with Crippen LogP contribution in [0.5, 0.6) is 0 Å². The molecule has 0 aliphatic heterocycles. The summed E-state index contributed by atoms with van der Waals surface area (Å²) in [6.07, 6.45) is 11.3. The van der Waals surface area contributed by atoms with Crippen molar-refractivity contribution in [1.29, 1.82) is 0 Å². The Morgan fingerprint density at radius 2 is 2.07 bits per heavy atom. The predicted molar refractivity (Wildman–Crippen MR) is 67.7 cm³/mol. The molecule has 0 fully saturated rings. The molecule has 0 amide bonds. The lowest BCUT2D eigenvalue weighted by molar-refractivity contribution is 0.256. The van der Waals surface area contributed by atoms with Crippen LogP contribution in [-0.4, -0.2) is 14.5 Å². The average molecular weight is 200 g/mol. The first kappa shape index (κ1) is 13.6. The Morgan fingerprint density at radius 1 is 1.33 bits per heavy atom. The van der Waals surface area contributed by atoms with E-state index in [1.165, 1.54) is 5.98 Å². The molecule has 0 N–H and O–H groups in total. The number of allylic oxidation sites excluding steroid dienone is 5. The van der Waals surface area contributed by atoms with E-state index in [1.807, 2.05) is 44.2 Å². The highest BCUT2D eigenvalue weighted by atomic mass is 16.5. The van der Waals surface area contributed by atoms with Gasteiger partial charge in [-0.25, -0.2) is 0 Å². The van der Waals surface area contributed by atoms with Crippen molar-refractivity contribution in [3.8, 4) is 0 Å². The van der Waals surface area contributed by atoms with Gasteiger partial charge in [0.25, 0.3) is 0 Å². The molecule has 0 aromatic rings. The van der Waals surface area contributed by atoms with Gasteiger partial charge in [-0.05, 0) is 25.5 Å².